The first-order valence-electron chi connectivity index (χ1n) is 8.02. The van der Waals surface area contributed by atoms with Gasteiger partial charge in [-0.1, -0.05) is 0 Å². The van der Waals surface area contributed by atoms with E-state index >= 15 is 0 Å². The van der Waals surface area contributed by atoms with E-state index in [1.165, 1.54) is 12.7 Å². The highest BCUT2D eigenvalue weighted by Crippen LogP contribution is 2.28. The van der Waals surface area contributed by atoms with Gasteiger partial charge in [0.15, 0.2) is 0 Å². The van der Waals surface area contributed by atoms with Crippen molar-refractivity contribution in [2.75, 3.05) is 5.32 Å². The fourth-order valence-corrected chi connectivity index (χ4v) is 2.84. The predicted molar refractivity (Wildman–Crippen MR) is 95.3 cm³/mol. The van der Waals surface area contributed by atoms with Gasteiger partial charge in [0.25, 0.3) is 5.91 Å². The molecule has 3 heterocycles. The minimum absolute atomic E-state index is 0.245. The Balaban J connectivity index is 1.67. The summed E-state index contributed by atoms with van der Waals surface area (Å²) in [5.74, 6) is 0.948. The number of benzene rings is 1. The van der Waals surface area contributed by atoms with Crippen molar-refractivity contribution in [2.45, 2.75) is 20.8 Å². The van der Waals surface area contributed by atoms with Crippen molar-refractivity contribution in [3.8, 4) is 5.69 Å². The quantitative estimate of drug-likeness (QED) is 0.611. The molecule has 1 amide bonds. The van der Waals surface area contributed by atoms with Gasteiger partial charge in [0.05, 0.1) is 11.1 Å². The summed E-state index contributed by atoms with van der Waals surface area (Å²) in [5, 5.41) is 7.68. The number of nitrogens with one attached hydrogen (secondary N) is 1. The zero-order valence-corrected chi connectivity index (χ0v) is 14.5. The molecule has 0 aliphatic carbocycles. The molecule has 0 aliphatic heterocycles. The first-order chi connectivity index (χ1) is 12.5. The number of fused-ring (bicyclic) bond motifs is 1. The summed E-state index contributed by atoms with van der Waals surface area (Å²) < 4.78 is 7.23. The maximum Gasteiger partial charge on any atom is 0.257 e. The van der Waals surface area contributed by atoms with Gasteiger partial charge in [-0.3, -0.25) is 4.79 Å². The topological polar surface area (TPSA) is 98.7 Å². The van der Waals surface area contributed by atoms with E-state index in [1.807, 2.05) is 32.9 Å². The average Bonchev–Trinajstić information content (AvgIpc) is 3.24. The summed E-state index contributed by atoms with van der Waals surface area (Å²) in [6, 6.07) is 5.46. The van der Waals surface area contributed by atoms with Crippen molar-refractivity contribution in [3.05, 3.63) is 59.6 Å². The van der Waals surface area contributed by atoms with Crippen molar-refractivity contribution < 1.29 is 9.21 Å². The number of aryl methyl sites for hydroxylation is 3. The molecule has 0 aliphatic rings. The molecule has 0 saturated heterocycles. The standard InChI is InChI=1S/C18H16N6O2/c1-10-6-13(24-9-19-7-22-24)4-5-14(10)17(25)23-16-15-11(2)12(3)26-18(15)21-8-20-16/h4-9H,1-3H3,(H,20,21,23,25). The van der Waals surface area contributed by atoms with E-state index in [9.17, 15) is 4.79 Å². The summed E-state index contributed by atoms with van der Waals surface area (Å²) in [4.78, 5) is 25.0. The molecule has 0 atom stereocenters. The lowest BCUT2D eigenvalue weighted by Crippen LogP contribution is -2.15. The zero-order valence-electron chi connectivity index (χ0n) is 14.5. The lowest BCUT2D eigenvalue weighted by atomic mass is 10.1. The number of hydrogen-bond acceptors (Lipinski definition) is 6. The number of nitrogens with zero attached hydrogens (tertiary/aromatic N) is 5. The molecule has 1 aromatic carbocycles. The van der Waals surface area contributed by atoms with Crippen LogP contribution in [-0.2, 0) is 0 Å². The number of carbonyl (C=O) groups excluding carboxylic acids is 1. The van der Waals surface area contributed by atoms with Gasteiger partial charge >= 0.3 is 0 Å². The number of anilines is 1. The van der Waals surface area contributed by atoms with E-state index in [1.54, 1.807) is 17.1 Å². The smallest absolute Gasteiger partial charge is 0.257 e. The molecule has 0 spiro atoms. The summed E-state index contributed by atoms with van der Waals surface area (Å²) >= 11 is 0. The van der Waals surface area contributed by atoms with Gasteiger partial charge in [-0.15, -0.1) is 0 Å². The Kier molecular flexibility index (Phi) is 3.72. The lowest BCUT2D eigenvalue weighted by molar-refractivity contribution is 0.102. The molecule has 0 fully saturated rings. The minimum Gasteiger partial charge on any atom is -0.443 e. The van der Waals surface area contributed by atoms with Crippen molar-refractivity contribution in [1.82, 2.24) is 24.7 Å². The molecule has 0 radical (unpaired) electrons. The summed E-state index contributed by atoms with van der Waals surface area (Å²) in [6.45, 7) is 5.64. The summed E-state index contributed by atoms with van der Waals surface area (Å²) in [6.07, 6.45) is 4.45. The Morgan fingerprint density at radius 1 is 1.15 bits per heavy atom. The van der Waals surface area contributed by atoms with Gasteiger partial charge in [-0.05, 0) is 44.5 Å². The fourth-order valence-electron chi connectivity index (χ4n) is 2.84. The van der Waals surface area contributed by atoms with Gasteiger partial charge in [-0.25, -0.2) is 19.6 Å². The van der Waals surface area contributed by atoms with E-state index in [2.05, 4.69) is 25.4 Å². The third-order valence-electron chi connectivity index (χ3n) is 4.34. The molecule has 130 valence electrons. The first-order valence-corrected chi connectivity index (χ1v) is 8.02. The van der Waals surface area contributed by atoms with Crippen molar-refractivity contribution in [3.63, 3.8) is 0 Å². The van der Waals surface area contributed by atoms with E-state index in [-0.39, 0.29) is 5.91 Å². The Bertz CT molecular complexity index is 1110. The van der Waals surface area contributed by atoms with Gasteiger partial charge in [-0.2, -0.15) is 5.10 Å². The molecule has 0 saturated carbocycles. The van der Waals surface area contributed by atoms with Gasteiger partial charge in [0.2, 0.25) is 5.71 Å². The molecule has 4 aromatic rings. The van der Waals surface area contributed by atoms with Crippen LogP contribution in [-0.4, -0.2) is 30.6 Å². The van der Waals surface area contributed by atoms with Crippen LogP contribution in [0.2, 0.25) is 0 Å². The molecule has 8 heteroatoms. The predicted octanol–water partition coefficient (Wildman–Crippen LogP) is 2.98. The Labute approximate surface area is 148 Å². The normalized spacial score (nSPS) is 11.0. The van der Waals surface area contributed by atoms with Crippen LogP contribution in [0.1, 0.15) is 27.2 Å². The molecule has 4 rings (SSSR count). The number of hydrogen-bond donors (Lipinski definition) is 1. The van der Waals surface area contributed by atoms with Crippen LogP contribution in [0, 0.1) is 20.8 Å². The second-order valence-corrected chi connectivity index (χ2v) is 5.98. The Morgan fingerprint density at radius 2 is 2.00 bits per heavy atom. The van der Waals surface area contributed by atoms with Gasteiger partial charge < -0.3 is 9.73 Å². The van der Waals surface area contributed by atoms with Crippen molar-refractivity contribution >= 4 is 22.8 Å². The monoisotopic (exact) mass is 348 g/mol. The Morgan fingerprint density at radius 3 is 2.73 bits per heavy atom. The second-order valence-electron chi connectivity index (χ2n) is 5.98. The molecule has 0 bridgehead atoms. The number of rotatable bonds is 3. The maximum atomic E-state index is 12.8. The van der Waals surface area contributed by atoms with E-state index in [4.69, 9.17) is 4.42 Å². The van der Waals surface area contributed by atoms with Gasteiger partial charge in [0, 0.05) is 11.1 Å². The number of furan rings is 1. The van der Waals surface area contributed by atoms with Gasteiger partial charge in [0.1, 0.15) is 30.6 Å². The first kappa shape index (κ1) is 15.9. The summed E-state index contributed by atoms with van der Waals surface area (Å²) in [5.41, 5.74) is 3.58. The summed E-state index contributed by atoms with van der Waals surface area (Å²) in [7, 11) is 0. The highest BCUT2D eigenvalue weighted by molar-refractivity contribution is 6.08. The molecule has 3 aromatic heterocycles. The van der Waals surface area contributed by atoms with Crippen LogP contribution in [0.4, 0.5) is 5.82 Å². The SMILES string of the molecule is Cc1cc(-n2cncn2)ccc1C(=O)Nc1ncnc2oc(C)c(C)c12. The van der Waals surface area contributed by atoms with Crippen LogP contribution in [0.25, 0.3) is 16.8 Å². The highest BCUT2D eigenvalue weighted by Gasteiger charge is 2.17. The third kappa shape index (κ3) is 2.61. The minimum atomic E-state index is -0.245. The molecular formula is C18H16N6O2. The largest absolute Gasteiger partial charge is 0.443 e. The van der Waals surface area contributed by atoms with Crippen molar-refractivity contribution in [2.24, 2.45) is 0 Å². The maximum absolute atomic E-state index is 12.8. The van der Waals surface area contributed by atoms with Crippen LogP contribution < -0.4 is 5.32 Å². The highest BCUT2D eigenvalue weighted by atomic mass is 16.3. The third-order valence-corrected chi connectivity index (χ3v) is 4.34. The van der Waals surface area contributed by atoms with E-state index in [0.717, 1.165) is 28.0 Å². The molecule has 26 heavy (non-hydrogen) atoms. The van der Waals surface area contributed by atoms with Crippen LogP contribution >= 0.6 is 0 Å². The second kappa shape index (κ2) is 6.07. The van der Waals surface area contributed by atoms with E-state index in [0.29, 0.717) is 17.1 Å². The average molecular weight is 348 g/mol. The molecule has 1 N–H and O–H groups in total. The molecule has 0 unspecified atom stereocenters. The number of aromatic nitrogens is 5. The van der Waals surface area contributed by atoms with E-state index < -0.39 is 0 Å². The Hall–Kier alpha value is -3.55. The molecule has 8 nitrogen and oxygen atoms in total. The number of amides is 1. The lowest BCUT2D eigenvalue weighted by Gasteiger charge is -2.09. The van der Waals surface area contributed by atoms with Crippen LogP contribution in [0.15, 0.2) is 41.6 Å². The number of carbonyl (C=O) groups is 1. The fraction of sp³-hybridized carbons (Fsp3) is 0.167. The van der Waals surface area contributed by atoms with Crippen LogP contribution in [0.3, 0.4) is 0 Å². The zero-order chi connectivity index (χ0) is 18.3. The van der Waals surface area contributed by atoms with Crippen molar-refractivity contribution in [1.29, 1.82) is 0 Å². The molecular weight excluding hydrogens is 332 g/mol. The van der Waals surface area contributed by atoms with Crippen LogP contribution in [0.5, 0.6) is 0 Å².